The van der Waals surface area contributed by atoms with Crippen molar-refractivity contribution in [1.29, 1.82) is 0 Å². The van der Waals surface area contributed by atoms with Crippen LogP contribution in [0.15, 0.2) is 0 Å². The second kappa shape index (κ2) is 4.99. The van der Waals surface area contributed by atoms with Crippen LogP contribution in [0.25, 0.3) is 0 Å². The molecule has 0 aromatic carbocycles. The van der Waals surface area contributed by atoms with Crippen LogP contribution in [0.1, 0.15) is 26.7 Å². The van der Waals surface area contributed by atoms with E-state index in [2.05, 4.69) is 45.7 Å². The molecule has 0 heterocycles. The summed E-state index contributed by atoms with van der Waals surface area (Å²) in [7, 11) is 0. The number of halogens is 2. The molecule has 0 spiro atoms. The Balaban J connectivity index is 0.000000120. The molecule has 0 amide bonds. The van der Waals surface area contributed by atoms with E-state index in [0.29, 0.717) is 0 Å². The van der Waals surface area contributed by atoms with Crippen molar-refractivity contribution in [2.45, 2.75) is 26.7 Å². The van der Waals surface area contributed by atoms with Gasteiger partial charge in [0, 0.05) is 10.7 Å². The van der Waals surface area contributed by atoms with Crippen LogP contribution in [0.4, 0.5) is 0 Å². The lowest BCUT2D eigenvalue weighted by Crippen LogP contribution is -1.73. The summed E-state index contributed by atoms with van der Waals surface area (Å²) in [6.07, 6.45) is 2.90. The highest BCUT2D eigenvalue weighted by Crippen LogP contribution is 2.39. The van der Waals surface area contributed by atoms with Crippen LogP contribution in [-0.2, 0) is 0 Å². The number of hydrogen-bond acceptors (Lipinski definition) is 0. The van der Waals surface area contributed by atoms with Gasteiger partial charge in [0.15, 0.2) is 0 Å². The third kappa shape index (κ3) is 3.78. The summed E-state index contributed by atoms with van der Waals surface area (Å²) in [5.41, 5.74) is 0. The van der Waals surface area contributed by atoms with Gasteiger partial charge in [-0.25, -0.2) is 0 Å². The molecule has 0 radical (unpaired) electrons. The Kier molecular flexibility index (Phi) is 4.59. The largest absolute Gasteiger partial charge is 0.0925 e. The standard InChI is InChI=1S/2C5H9Br/c2*1-4-2-5(4)3-6/h2*4-5H,2-3H2,1H3/t2*4-,5+/m10/s1. The Morgan fingerprint density at radius 3 is 1.17 bits per heavy atom. The highest BCUT2D eigenvalue weighted by molar-refractivity contribution is 9.09. The minimum atomic E-state index is 1.02. The van der Waals surface area contributed by atoms with Crippen molar-refractivity contribution in [3.05, 3.63) is 0 Å². The first-order valence-electron chi connectivity index (χ1n) is 4.81. The summed E-state index contributed by atoms with van der Waals surface area (Å²) in [5.74, 6) is 4.07. The van der Waals surface area contributed by atoms with E-state index < -0.39 is 0 Å². The molecule has 72 valence electrons. The maximum Gasteiger partial charge on any atom is 0.00623 e. The Hall–Kier alpha value is 0.960. The van der Waals surface area contributed by atoms with Crippen LogP contribution in [0.5, 0.6) is 0 Å². The minimum Gasteiger partial charge on any atom is -0.0925 e. The SMILES string of the molecule is C[C@@H]1C[C@H]1CBr.C[C@H]1C[C@@H]1CBr. The first-order chi connectivity index (χ1) is 5.69. The van der Waals surface area contributed by atoms with Gasteiger partial charge in [0.25, 0.3) is 0 Å². The fourth-order valence-electron chi connectivity index (χ4n) is 1.23. The summed E-state index contributed by atoms with van der Waals surface area (Å²) in [6.45, 7) is 4.60. The summed E-state index contributed by atoms with van der Waals surface area (Å²) in [4.78, 5) is 0. The molecule has 0 aromatic heterocycles. The molecule has 0 bridgehead atoms. The van der Waals surface area contributed by atoms with Crippen LogP contribution in [0, 0.1) is 23.7 Å². The van der Waals surface area contributed by atoms with Crippen LogP contribution in [0.2, 0.25) is 0 Å². The lowest BCUT2D eigenvalue weighted by Gasteiger charge is -1.77. The quantitative estimate of drug-likeness (QED) is 0.674. The number of alkyl halides is 2. The van der Waals surface area contributed by atoms with Gasteiger partial charge in [-0.15, -0.1) is 0 Å². The first kappa shape index (κ1) is 11.0. The molecule has 0 saturated heterocycles. The monoisotopic (exact) mass is 296 g/mol. The Labute approximate surface area is 92.8 Å². The first-order valence-corrected chi connectivity index (χ1v) is 7.05. The smallest absolute Gasteiger partial charge is 0.00623 e. The second-order valence-corrected chi connectivity index (χ2v) is 5.55. The fraction of sp³-hybridized carbons (Fsp3) is 1.00. The molecule has 0 N–H and O–H groups in total. The molecule has 12 heavy (non-hydrogen) atoms. The molecule has 0 unspecified atom stereocenters. The van der Waals surface area contributed by atoms with Crippen molar-refractivity contribution in [3.8, 4) is 0 Å². The molecule has 2 fully saturated rings. The van der Waals surface area contributed by atoms with Crippen molar-refractivity contribution in [3.63, 3.8) is 0 Å². The van der Waals surface area contributed by atoms with E-state index in [-0.39, 0.29) is 0 Å². The van der Waals surface area contributed by atoms with Crippen LogP contribution in [0.3, 0.4) is 0 Å². The molecule has 4 atom stereocenters. The Bertz CT molecular complexity index is 116. The summed E-state index contributed by atoms with van der Waals surface area (Å²) >= 11 is 6.83. The topological polar surface area (TPSA) is 0 Å². The molecule has 0 aromatic rings. The summed E-state index contributed by atoms with van der Waals surface area (Å²) < 4.78 is 0. The highest BCUT2D eigenvalue weighted by atomic mass is 79.9. The lowest BCUT2D eigenvalue weighted by molar-refractivity contribution is 0.850. The zero-order valence-corrected chi connectivity index (χ0v) is 11.1. The normalized spacial score (nSPS) is 43.0. The van der Waals surface area contributed by atoms with E-state index in [0.717, 1.165) is 23.7 Å². The van der Waals surface area contributed by atoms with Crippen molar-refractivity contribution < 1.29 is 0 Å². The lowest BCUT2D eigenvalue weighted by atomic mass is 10.4. The van der Waals surface area contributed by atoms with Gasteiger partial charge < -0.3 is 0 Å². The number of rotatable bonds is 2. The van der Waals surface area contributed by atoms with Gasteiger partial charge in [-0.2, -0.15) is 0 Å². The van der Waals surface area contributed by atoms with Gasteiger partial charge in [-0.1, -0.05) is 45.7 Å². The zero-order chi connectivity index (χ0) is 9.14. The average molecular weight is 298 g/mol. The van der Waals surface area contributed by atoms with Gasteiger partial charge in [0.1, 0.15) is 0 Å². The van der Waals surface area contributed by atoms with Crippen molar-refractivity contribution >= 4 is 31.9 Å². The molecule has 0 aliphatic heterocycles. The van der Waals surface area contributed by atoms with E-state index >= 15 is 0 Å². The van der Waals surface area contributed by atoms with Crippen LogP contribution < -0.4 is 0 Å². The molecule has 2 heteroatoms. The van der Waals surface area contributed by atoms with Gasteiger partial charge in [-0.05, 0) is 36.5 Å². The zero-order valence-electron chi connectivity index (χ0n) is 7.89. The van der Waals surface area contributed by atoms with Crippen molar-refractivity contribution in [2.75, 3.05) is 10.7 Å². The van der Waals surface area contributed by atoms with E-state index in [1.54, 1.807) is 0 Å². The van der Waals surface area contributed by atoms with Crippen molar-refractivity contribution in [1.82, 2.24) is 0 Å². The highest BCUT2D eigenvalue weighted by Gasteiger charge is 2.31. The molecular weight excluding hydrogens is 280 g/mol. The predicted octanol–water partition coefficient (Wildman–Crippen LogP) is 4.07. The van der Waals surface area contributed by atoms with Crippen LogP contribution in [-0.4, -0.2) is 10.7 Å². The molecule has 2 saturated carbocycles. The number of hydrogen-bond donors (Lipinski definition) is 0. The average Bonchev–Trinajstić information content (AvgIpc) is 2.92. The second-order valence-electron chi connectivity index (χ2n) is 4.25. The van der Waals surface area contributed by atoms with Gasteiger partial charge in [0.05, 0.1) is 0 Å². The Morgan fingerprint density at radius 2 is 1.17 bits per heavy atom. The van der Waals surface area contributed by atoms with Crippen LogP contribution >= 0.6 is 31.9 Å². The Morgan fingerprint density at radius 1 is 0.917 bits per heavy atom. The fourth-order valence-corrected chi connectivity index (χ4v) is 3.03. The third-order valence-electron chi connectivity index (χ3n) is 2.95. The van der Waals surface area contributed by atoms with Gasteiger partial charge in [-0.3, -0.25) is 0 Å². The molecule has 2 aliphatic carbocycles. The maximum atomic E-state index is 3.42. The van der Waals surface area contributed by atoms with Gasteiger partial charge in [0.2, 0.25) is 0 Å². The molecule has 2 rings (SSSR count). The minimum absolute atomic E-state index is 1.02. The summed E-state index contributed by atoms with van der Waals surface area (Å²) in [5, 5.41) is 2.43. The molecule has 0 nitrogen and oxygen atoms in total. The van der Waals surface area contributed by atoms with E-state index in [1.807, 2.05) is 0 Å². The molecular formula is C10H18Br2. The van der Waals surface area contributed by atoms with E-state index in [1.165, 1.54) is 23.5 Å². The van der Waals surface area contributed by atoms with E-state index in [4.69, 9.17) is 0 Å². The third-order valence-corrected chi connectivity index (χ3v) is 4.61. The predicted molar refractivity (Wildman–Crippen MR) is 62.1 cm³/mol. The van der Waals surface area contributed by atoms with Gasteiger partial charge >= 0.3 is 0 Å². The van der Waals surface area contributed by atoms with Crippen molar-refractivity contribution in [2.24, 2.45) is 23.7 Å². The maximum absolute atomic E-state index is 3.42. The molecule has 2 aliphatic rings. The van der Waals surface area contributed by atoms with E-state index in [9.17, 15) is 0 Å². The summed E-state index contributed by atoms with van der Waals surface area (Å²) in [6, 6.07) is 0.